The molecule has 0 spiro atoms. The summed E-state index contributed by atoms with van der Waals surface area (Å²) in [5.41, 5.74) is 0.138. The second kappa shape index (κ2) is 5.94. The van der Waals surface area contributed by atoms with Crippen molar-refractivity contribution in [2.24, 2.45) is 5.92 Å². The second-order valence-corrected chi connectivity index (χ2v) is 4.19. The number of carbonyl (C=O) groups is 2. The molecule has 0 aliphatic rings. The molecule has 7 heteroatoms. The highest BCUT2D eigenvalue weighted by molar-refractivity contribution is 5.94. The molecule has 1 amide bonds. The minimum absolute atomic E-state index is 0.108. The fourth-order valence-electron chi connectivity index (χ4n) is 1.36. The van der Waals surface area contributed by atoms with Gasteiger partial charge in [0.15, 0.2) is 0 Å². The Hall–Kier alpha value is -2.44. The molecule has 2 atom stereocenters. The first-order valence-corrected chi connectivity index (χ1v) is 5.61. The van der Waals surface area contributed by atoms with Gasteiger partial charge in [-0.2, -0.15) is 0 Å². The van der Waals surface area contributed by atoms with Gasteiger partial charge in [0.05, 0.1) is 10.8 Å². The Kier molecular flexibility index (Phi) is 4.57. The van der Waals surface area contributed by atoms with E-state index in [9.17, 15) is 19.7 Å². The maximum Gasteiger partial charge on any atom is 0.308 e. The number of hydrogen-bond acceptors (Lipinski definition) is 4. The average molecular weight is 266 g/mol. The van der Waals surface area contributed by atoms with Gasteiger partial charge < -0.3 is 10.4 Å². The molecule has 1 rings (SSSR count). The summed E-state index contributed by atoms with van der Waals surface area (Å²) in [6.07, 6.45) is 0. The maximum absolute atomic E-state index is 11.8. The number of nitrogens with zero attached hydrogens (tertiary/aromatic N) is 1. The van der Waals surface area contributed by atoms with Crippen molar-refractivity contribution in [2.75, 3.05) is 0 Å². The summed E-state index contributed by atoms with van der Waals surface area (Å²) in [5, 5.41) is 21.8. The lowest BCUT2D eigenvalue weighted by molar-refractivity contribution is -0.384. The molecule has 19 heavy (non-hydrogen) atoms. The number of carboxylic acid groups (broad SMARTS) is 1. The third-order valence-corrected chi connectivity index (χ3v) is 2.84. The number of nitro groups is 1. The maximum atomic E-state index is 11.8. The Morgan fingerprint density at radius 2 is 1.79 bits per heavy atom. The van der Waals surface area contributed by atoms with Gasteiger partial charge in [-0.15, -0.1) is 0 Å². The number of nitro benzene ring substituents is 1. The molecule has 0 fully saturated rings. The normalized spacial score (nSPS) is 13.4. The van der Waals surface area contributed by atoms with Crippen LogP contribution in [0.25, 0.3) is 0 Å². The molecular formula is C12H14N2O5. The molecule has 0 saturated carbocycles. The van der Waals surface area contributed by atoms with Crippen molar-refractivity contribution in [2.45, 2.75) is 19.9 Å². The number of nitrogens with one attached hydrogen (secondary N) is 1. The third kappa shape index (κ3) is 3.77. The van der Waals surface area contributed by atoms with E-state index in [-0.39, 0.29) is 11.3 Å². The van der Waals surface area contributed by atoms with E-state index in [4.69, 9.17) is 5.11 Å². The molecule has 0 saturated heterocycles. The summed E-state index contributed by atoms with van der Waals surface area (Å²) in [7, 11) is 0. The smallest absolute Gasteiger partial charge is 0.308 e. The number of carboxylic acids is 1. The third-order valence-electron chi connectivity index (χ3n) is 2.84. The number of carbonyl (C=O) groups excluding carboxylic acids is 1. The molecule has 0 heterocycles. The van der Waals surface area contributed by atoms with Crippen molar-refractivity contribution < 1.29 is 19.6 Å². The van der Waals surface area contributed by atoms with Crippen molar-refractivity contribution in [3.05, 3.63) is 39.9 Å². The van der Waals surface area contributed by atoms with Crippen LogP contribution in [0.2, 0.25) is 0 Å². The van der Waals surface area contributed by atoms with E-state index >= 15 is 0 Å². The van der Waals surface area contributed by atoms with E-state index in [1.165, 1.54) is 31.2 Å². The highest BCUT2D eigenvalue weighted by atomic mass is 16.6. The number of benzene rings is 1. The lowest BCUT2D eigenvalue weighted by Crippen LogP contribution is -2.40. The molecule has 7 nitrogen and oxygen atoms in total. The topological polar surface area (TPSA) is 110 Å². The summed E-state index contributed by atoms with van der Waals surface area (Å²) in [4.78, 5) is 32.4. The van der Waals surface area contributed by atoms with Gasteiger partial charge >= 0.3 is 5.97 Å². The quantitative estimate of drug-likeness (QED) is 0.619. The minimum atomic E-state index is -1.00. The lowest BCUT2D eigenvalue weighted by atomic mass is 10.0. The Labute approximate surface area is 109 Å². The van der Waals surface area contributed by atoms with Crippen LogP contribution in [-0.4, -0.2) is 27.9 Å². The first-order chi connectivity index (χ1) is 8.82. The highest BCUT2D eigenvalue weighted by Crippen LogP contribution is 2.12. The molecule has 0 radical (unpaired) electrons. The molecule has 0 bridgehead atoms. The Bertz CT molecular complexity index is 497. The molecule has 1 aromatic carbocycles. The molecule has 2 N–H and O–H groups in total. The van der Waals surface area contributed by atoms with E-state index < -0.39 is 28.8 Å². The van der Waals surface area contributed by atoms with Crippen LogP contribution >= 0.6 is 0 Å². The van der Waals surface area contributed by atoms with Crippen molar-refractivity contribution in [1.29, 1.82) is 0 Å². The van der Waals surface area contributed by atoms with Gasteiger partial charge in [-0.05, 0) is 26.0 Å². The SMILES string of the molecule is CC(NC(=O)c1ccc([N+](=O)[O-])cc1)C(C)C(=O)O. The monoisotopic (exact) mass is 266 g/mol. The zero-order valence-electron chi connectivity index (χ0n) is 10.5. The predicted molar refractivity (Wildman–Crippen MR) is 66.8 cm³/mol. The largest absolute Gasteiger partial charge is 0.481 e. The van der Waals surface area contributed by atoms with E-state index in [1.54, 1.807) is 6.92 Å². The van der Waals surface area contributed by atoms with E-state index in [2.05, 4.69) is 5.32 Å². The van der Waals surface area contributed by atoms with Gasteiger partial charge in [0.25, 0.3) is 11.6 Å². The summed E-state index contributed by atoms with van der Waals surface area (Å²) in [6, 6.07) is 4.55. The number of amides is 1. The van der Waals surface area contributed by atoms with Gasteiger partial charge in [-0.1, -0.05) is 0 Å². The second-order valence-electron chi connectivity index (χ2n) is 4.19. The fourth-order valence-corrected chi connectivity index (χ4v) is 1.36. The zero-order chi connectivity index (χ0) is 14.6. The molecule has 1 aromatic rings. The Balaban J connectivity index is 2.73. The molecule has 0 aromatic heterocycles. The van der Waals surface area contributed by atoms with Crippen LogP contribution in [0, 0.1) is 16.0 Å². The standard InChI is InChI=1S/C12H14N2O5/c1-7(12(16)17)8(2)13-11(15)9-3-5-10(6-4-9)14(18)19/h3-8H,1-2H3,(H,13,15)(H,16,17). The summed E-state index contributed by atoms with van der Waals surface area (Å²) in [5.74, 6) is -2.19. The highest BCUT2D eigenvalue weighted by Gasteiger charge is 2.21. The van der Waals surface area contributed by atoms with Crippen LogP contribution in [-0.2, 0) is 4.79 Å². The summed E-state index contributed by atoms with van der Waals surface area (Å²) < 4.78 is 0. The van der Waals surface area contributed by atoms with Crippen LogP contribution in [0.1, 0.15) is 24.2 Å². The van der Waals surface area contributed by atoms with Gasteiger partial charge in [0.1, 0.15) is 0 Å². The molecule has 0 aliphatic carbocycles. The number of rotatable bonds is 5. The van der Waals surface area contributed by atoms with Crippen LogP contribution in [0.15, 0.2) is 24.3 Å². The average Bonchev–Trinajstić information content (AvgIpc) is 2.37. The van der Waals surface area contributed by atoms with Gasteiger partial charge in [-0.25, -0.2) is 0 Å². The molecule has 0 aliphatic heterocycles. The predicted octanol–water partition coefficient (Wildman–Crippen LogP) is 1.43. The van der Waals surface area contributed by atoms with Crippen molar-refractivity contribution in [3.63, 3.8) is 0 Å². The molecule has 2 unspecified atom stereocenters. The number of non-ortho nitro benzene ring substituents is 1. The van der Waals surface area contributed by atoms with Gasteiger partial charge in [-0.3, -0.25) is 19.7 Å². The number of hydrogen-bond donors (Lipinski definition) is 2. The van der Waals surface area contributed by atoms with Crippen molar-refractivity contribution in [1.82, 2.24) is 5.32 Å². The summed E-state index contributed by atoms with van der Waals surface area (Å²) >= 11 is 0. The first-order valence-electron chi connectivity index (χ1n) is 5.61. The van der Waals surface area contributed by atoms with Gasteiger partial charge in [0.2, 0.25) is 0 Å². The molecule has 102 valence electrons. The van der Waals surface area contributed by atoms with E-state index in [0.29, 0.717) is 0 Å². The first kappa shape index (κ1) is 14.6. The van der Waals surface area contributed by atoms with Crippen LogP contribution in [0.3, 0.4) is 0 Å². The van der Waals surface area contributed by atoms with Gasteiger partial charge in [0, 0.05) is 23.7 Å². The van der Waals surface area contributed by atoms with Crippen LogP contribution < -0.4 is 5.32 Å². The minimum Gasteiger partial charge on any atom is -0.481 e. The molecular weight excluding hydrogens is 252 g/mol. The van der Waals surface area contributed by atoms with E-state index in [1.807, 2.05) is 0 Å². The summed E-state index contributed by atoms with van der Waals surface area (Å²) in [6.45, 7) is 3.07. The fraction of sp³-hybridized carbons (Fsp3) is 0.333. The van der Waals surface area contributed by atoms with E-state index in [0.717, 1.165) is 0 Å². The lowest BCUT2D eigenvalue weighted by Gasteiger charge is -2.17. The number of aliphatic carboxylic acids is 1. The van der Waals surface area contributed by atoms with Crippen molar-refractivity contribution in [3.8, 4) is 0 Å². The Morgan fingerprint density at radius 3 is 2.21 bits per heavy atom. The van der Waals surface area contributed by atoms with Crippen LogP contribution in [0.4, 0.5) is 5.69 Å². The van der Waals surface area contributed by atoms with Crippen LogP contribution in [0.5, 0.6) is 0 Å². The Morgan fingerprint density at radius 1 is 1.26 bits per heavy atom. The van der Waals surface area contributed by atoms with Crippen molar-refractivity contribution >= 4 is 17.6 Å². The zero-order valence-corrected chi connectivity index (χ0v) is 10.5.